The van der Waals surface area contributed by atoms with Crippen molar-refractivity contribution in [1.82, 2.24) is 9.97 Å². The van der Waals surface area contributed by atoms with Crippen LogP contribution in [0.25, 0.3) is 10.9 Å². The van der Waals surface area contributed by atoms with E-state index in [2.05, 4.69) is 25.5 Å². The molecule has 1 aliphatic heterocycles. The summed E-state index contributed by atoms with van der Waals surface area (Å²) in [5.41, 5.74) is 1.39. The van der Waals surface area contributed by atoms with Gasteiger partial charge in [0.25, 0.3) is 0 Å². The molecule has 1 aliphatic rings. The van der Waals surface area contributed by atoms with Crippen LogP contribution in [0.4, 0.5) is 21.8 Å². The Morgan fingerprint density at radius 1 is 1.04 bits per heavy atom. The number of para-hydroxylation sites is 1. The lowest BCUT2D eigenvalue weighted by Crippen LogP contribution is -2.24. The minimum absolute atomic E-state index is 0.0534. The number of nitrogens with zero attached hydrogens (tertiary/aromatic N) is 3. The van der Waals surface area contributed by atoms with Crippen molar-refractivity contribution in [3.8, 4) is 0 Å². The number of rotatable bonds is 5. The number of benzene rings is 2. The van der Waals surface area contributed by atoms with Crippen molar-refractivity contribution in [2.45, 2.75) is 12.8 Å². The van der Waals surface area contributed by atoms with Gasteiger partial charge in [0.15, 0.2) is 0 Å². The number of halogens is 1. The molecule has 2 N–H and O–H groups in total. The first kappa shape index (κ1) is 17.2. The summed E-state index contributed by atoms with van der Waals surface area (Å²) >= 11 is 0. The van der Waals surface area contributed by atoms with Crippen molar-refractivity contribution in [2.24, 2.45) is 0 Å². The predicted molar refractivity (Wildman–Crippen MR) is 105 cm³/mol. The molecule has 0 spiro atoms. The molecule has 7 heteroatoms. The standard InChI is InChI=1S/C20H20FN5O/c21-14-7-9-15(10-8-14)23-18(27)13-22-19-16-5-1-2-6-17(16)24-20(25-19)26-11-3-4-12-26/h1-2,5-10H,3-4,11-13H2,(H,23,27)(H,22,24,25). The minimum atomic E-state index is -0.340. The van der Waals surface area contributed by atoms with E-state index in [4.69, 9.17) is 0 Å². The highest BCUT2D eigenvalue weighted by molar-refractivity contribution is 5.96. The summed E-state index contributed by atoms with van der Waals surface area (Å²) < 4.78 is 13.0. The SMILES string of the molecule is O=C(CNc1nc(N2CCCC2)nc2ccccc12)Nc1ccc(F)cc1. The normalized spacial score (nSPS) is 13.7. The summed E-state index contributed by atoms with van der Waals surface area (Å²) in [5.74, 6) is 0.754. The number of carbonyl (C=O) groups excluding carboxylic acids is 1. The van der Waals surface area contributed by atoms with Crippen LogP contribution in [0.5, 0.6) is 0 Å². The van der Waals surface area contributed by atoms with E-state index in [1.165, 1.54) is 24.3 Å². The fourth-order valence-electron chi connectivity index (χ4n) is 3.16. The largest absolute Gasteiger partial charge is 0.360 e. The van der Waals surface area contributed by atoms with E-state index in [-0.39, 0.29) is 18.3 Å². The summed E-state index contributed by atoms with van der Waals surface area (Å²) in [6, 6.07) is 13.4. The lowest BCUT2D eigenvalue weighted by atomic mass is 10.2. The Kier molecular flexibility index (Phi) is 4.82. The summed E-state index contributed by atoms with van der Waals surface area (Å²) in [6.07, 6.45) is 2.28. The maximum absolute atomic E-state index is 13.0. The predicted octanol–water partition coefficient (Wildman–Crippen LogP) is 3.42. The van der Waals surface area contributed by atoms with Crippen LogP contribution < -0.4 is 15.5 Å². The molecule has 1 saturated heterocycles. The van der Waals surface area contributed by atoms with Gasteiger partial charge in [0.2, 0.25) is 11.9 Å². The van der Waals surface area contributed by atoms with Crippen LogP contribution >= 0.6 is 0 Å². The quantitative estimate of drug-likeness (QED) is 0.725. The Hall–Kier alpha value is -3.22. The second-order valence-electron chi connectivity index (χ2n) is 6.49. The third-order valence-corrected chi connectivity index (χ3v) is 4.52. The van der Waals surface area contributed by atoms with Gasteiger partial charge in [0, 0.05) is 24.2 Å². The lowest BCUT2D eigenvalue weighted by Gasteiger charge is -2.17. The van der Waals surface area contributed by atoms with Crippen molar-refractivity contribution in [2.75, 3.05) is 35.2 Å². The molecule has 0 unspecified atom stereocenters. The lowest BCUT2D eigenvalue weighted by molar-refractivity contribution is -0.114. The molecule has 0 radical (unpaired) electrons. The molecule has 2 heterocycles. The van der Waals surface area contributed by atoms with E-state index in [0.29, 0.717) is 17.5 Å². The third-order valence-electron chi connectivity index (χ3n) is 4.52. The Bertz CT molecular complexity index is 954. The molecule has 0 bridgehead atoms. The number of amides is 1. The van der Waals surface area contributed by atoms with Gasteiger partial charge >= 0.3 is 0 Å². The van der Waals surface area contributed by atoms with Crippen molar-refractivity contribution < 1.29 is 9.18 Å². The maximum Gasteiger partial charge on any atom is 0.243 e. The minimum Gasteiger partial charge on any atom is -0.360 e. The summed E-state index contributed by atoms with van der Waals surface area (Å²) in [5, 5.41) is 6.72. The number of hydrogen-bond donors (Lipinski definition) is 2. The van der Waals surface area contributed by atoms with Gasteiger partial charge in [0.05, 0.1) is 12.1 Å². The Morgan fingerprint density at radius 2 is 1.78 bits per heavy atom. The van der Waals surface area contributed by atoms with Crippen LogP contribution in [-0.4, -0.2) is 35.5 Å². The zero-order chi connectivity index (χ0) is 18.6. The second-order valence-corrected chi connectivity index (χ2v) is 6.49. The van der Waals surface area contributed by atoms with Crippen LogP contribution in [0.3, 0.4) is 0 Å². The van der Waals surface area contributed by atoms with Crippen LogP contribution in [0.1, 0.15) is 12.8 Å². The first-order chi connectivity index (χ1) is 13.2. The average molecular weight is 365 g/mol. The zero-order valence-corrected chi connectivity index (χ0v) is 14.8. The number of hydrogen-bond acceptors (Lipinski definition) is 5. The first-order valence-electron chi connectivity index (χ1n) is 9.00. The second kappa shape index (κ2) is 7.57. The number of aromatic nitrogens is 2. The smallest absolute Gasteiger partial charge is 0.243 e. The van der Waals surface area contributed by atoms with Crippen LogP contribution in [0.15, 0.2) is 48.5 Å². The molecule has 1 amide bonds. The molecule has 0 aliphatic carbocycles. The van der Waals surface area contributed by atoms with Gasteiger partial charge in [-0.2, -0.15) is 4.98 Å². The van der Waals surface area contributed by atoms with Crippen molar-refractivity contribution in [1.29, 1.82) is 0 Å². The highest BCUT2D eigenvalue weighted by Gasteiger charge is 2.17. The highest BCUT2D eigenvalue weighted by atomic mass is 19.1. The van der Waals surface area contributed by atoms with Crippen LogP contribution in [0.2, 0.25) is 0 Å². The maximum atomic E-state index is 13.0. The highest BCUT2D eigenvalue weighted by Crippen LogP contribution is 2.25. The molecule has 1 fully saturated rings. The Labute approximate surface area is 156 Å². The Morgan fingerprint density at radius 3 is 2.56 bits per heavy atom. The molecule has 1 aromatic heterocycles. The van der Waals surface area contributed by atoms with E-state index >= 15 is 0 Å². The molecular weight excluding hydrogens is 345 g/mol. The van der Waals surface area contributed by atoms with Crippen molar-refractivity contribution >= 4 is 34.3 Å². The first-order valence-corrected chi connectivity index (χ1v) is 9.00. The molecule has 6 nitrogen and oxygen atoms in total. The van der Waals surface area contributed by atoms with Gasteiger partial charge in [-0.3, -0.25) is 4.79 Å². The number of fused-ring (bicyclic) bond motifs is 1. The number of carbonyl (C=O) groups is 1. The van der Waals surface area contributed by atoms with E-state index in [0.717, 1.165) is 36.8 Å². The monoisotopic (exact) mass is 365 g/mol. The summed E-state index contributed by atoms with van der Waals surface area (Å²) in [6.45, 7) is 1.95. The molecule has 0 saturated carbocycles. The number of anilines is 3. The fraction of sp³-hybridized carbons (Fsp3) is 0.250. The van der Waals surface area contributed by atoms with Gasteiger partial charge in [0.1, 0.15) is 11.6 Å². The average Bonchev–Trinajstić information content (AvgIpc) is 3.22. The van der Waals surface area contributed by atoms with Crippen molar-refractivity contribution in [3.05, 3.63) is 54.3 Å². The summed E-state index contributed by atoms with van der Waals surface area (Å²) in [4.78, 5) is 23.7. The van der Waals surface area contributed by atoms with Crippen LogP contribution in [-0.2, 0) is 4.79 Å². The molecule has 4 rings (SSSR count). The van der Waals surface area contributed by atoms with Gasteiger partial charge in [-0.25, -0.2) is 9.37 Å². The molecule has 27 heavy (non-hydrogen) atoms. The Balaban J connectivity index is 1.51. The summed E-state index contributed by atoms with van der Waals surface area (Å²) in [7, 11) is 0. The molecular formula is C20H20FN5O. The van der Waals surface area contributed by atoms with Gasteiger partial charge < -0.3 is 15.5 Å². The van der Waals surface area contributed by atoms with Gasteiger partial charge in [-0.05, 0) is 49.2 Å². The molecule has 3 aromatic rings. The van der Waals surface area contributed by atoms with Crippen LogP contribution in [0, 0.1) is 5.82 Å². The van der Waals surface area contributed by atoms with Crippen molar-refractivity contribution in [3.63, 3.8) is 0 Å². The van der Waals surface area contributed by atoms with E-state index in [1.54, 1.807) is 0 Å². The van der Waals surface area contributed by atoms with Gasteiger partial charge in [-0.1, -0.05) is 12.1 Å². The zero-order valence-electron chi connectivity index (χ0n) is 14.8. The molecule has 0 atom stereocenters. The molecule has 2 aromatic carbocycles. The van der Waals surface area contributed by atoms with E-state index in [1.807, 2.05) is 24.3 Å². The van der Waals surface area contributed by atoms with E-state index in [9.17, 15) is 9.18 Å². The van der Waals surface area contributed by atoms with Gasteiger partial charge in [-0.15, -0.1) is 0 Å². The number of nitrogens with one attached hydrogen (secondary N) is 2. The van der Waals surface area contributed by atoms with E-state index < -0.39 is 0 Å². The third kappa shape index (κ3) is 3.97. The molecule has 138 valence electrons. The topological polar surface area (TPSA) is 70.2 Å². The fourth-order valence-corrected chi connectivity index (χ4v) is 3.16.